The summed E-state index contributed by atoms with van der Waals surface area (Å²) in [4.78, 5) is 17.8. The van der Waals surface area contributed by atoms with Crippen LogP contribution < -0.4 is 5.32 Å². The molecular formula is C17H14N2OS2. The molecule has 22 heavy (non-hydrogen) atoms. The van der Waals surface area contributed by atoms with Gasteiger partial charge in [-0.15, -0.1) is 23.1 Å². The first-order valence-electron chi connectivity index (χ1n) is 6.80. The van der Waals surface area contributed by atoms with Gasteiger partial charge in [-0.25, -0.2) is 4.98 Å². The minimum Gasteiger partial charge on any atom is -0.301 e. The zero-order valence-corrected chi connectivity index (χ0v) is 13.3. The van der Waals surface area contributed by atoms with Crippen molar-refractivity contribution in [3.05, 3.63) is 77.8 Å². The summed E-state index contributed by atoms with van der Waals surface area (Å²) in [7, 11) is 0. The van der Waals surface area contributed by atoms with Gasteiger partial charge in [0, 0.05) is 16.5 Å². The number of thioether (sulfide) groups is 1. The second-order valence-corrected chi connectivity index (χ2v) is 6.62. The van der Waals surface area contributed by atoms with Crippen LogP contribution in [0.15, 0.2) is 77.1 Å². The molecule has 0 saturated heterocycles. The quantitative estimate of drug-likeness (QED) is 0.696. The minimum atomic E-state index is -0.313. The van der Waals surface area contributed by atoms with Crippen LogP contribution in [0.3, 0.4) is 0 Å². The van der Waals surface area contributed by atoms with Gasteiger partial charge in [0.2, 0.25) is 5.91 Å². The lowest BCUT2D eigenvalue weighted by Gasteiger charge is -2.16. The molecule has 1 amide bonds. The van der Waals surface area contributed by atoms with Crippen LogP contribution in [0.5, 0.6) is 0 Å². The van der Waals surface area contributed by atoms with Crippen LogP contribution in [0.2, 0.25) is 0 Å². The Hall–Kier alpha value is -2.11. The molecule has 0 unspecified atom stereocenters. The summed E-state index contributed by atoms with van der Waals surface area (Å²) in [6.07, 6.45) is 1.68. The van der Waals surface area contributed by atoms with Crippen molar-refractivity contribution in [3.63, 3.8) is 0 Å². The van der Waals surface area contributed by atoms with Gasteiger partial charge in [0.05, 0.1) is 0 Å². The smallest absolute Gasteiger partial charge is 0.244 e. The van der Waals surface area contributed by atoms with Gasteiger partial charge < -0.3 is 5.32 Å². The van der Waals surface area contributed by atoms with Crippen molar-refractivity contribution >= 4 is 34.1 Å². The molecule has 3 rings (SSSR count). The SMILES string of the molecule is O=C(Nc1nccs1)[C@@H](Sc1ccccc1)c1ccccc1. The summed E-state index contributed by atoms with van der Waals surface area (Å²) < 4.78 is 0. The molecule has 1 heterocycles. The summed E-state index contributed by atoms with van der Waals surface area (Å²) in [6.45, 7) is 0. The summed E-state index contributed by atoms with van der Waals surface area (Å²) in [5, 5.41) is 5.05. The highest BCUT2D eigenvalue weighted by atomic mass is 32.2. The van der Waals surface area contributed by atoms with Crippen LogP contribution in [0.1, 0.15) is 10.8 Å². The van der Waals surface area contributed by atoms with E-state index in [0.717, 1.165) is 10.5 Å². The molecule has 110 valence electrons. The van der Waals surface area contributed by atoms with Crippen LogP contribution >= 0.6 is 23.1 Å². The van der Waals surface area contributed by atoms with E-state index in [2.05, 4.69) is 10.3 Å². The van der Waals surface area contributed by atoms with E-state index < -0.39 is 0 Å². The number of thiazole rings is 1. The third-order valence-corrected chi connectivity index (χ3v) is 4.95. The highest BCUT2D eigenvalue weighted by Gasteiger charge is 2.22. The molecule has 2 aromatic carbocycles. The Morgan fingerprint density at radius 2 is 1.73 bits per heavy atom. The van der Waals surface area contributed by atoms with Crippen LogP contribution in [0, 0.1) is 0 Å². The number of anilines is 1. The minimum absolute atomic E-state index is 0.0602. The molecule has 5 heteroatoms. The highest BCUT2D eigenvalue weighted by molar-refractivity contribution is 8.00. The van der Waals surface area contributed by atoms with Gasteiger partial charge in [0.25, 0.3) is 0 Å². The molecule has 3 aromatic rings. The maximum absolute atomic E-state index is 12.7. The van der Waals surface area contributed by atoms with E-state index in [9.17, 15) is 4.79 Å². The van der Waals surface area contributed by atoms with Crippen LogP contribution in [-0.2, 0) is 4.79 Å². The number of amides is 1. The van der Waals surface area contributed by atoms with Gasteiger partial charge in [-0.2, -0.15) is 0 Å². The van der Waals surface area contributed by atoms with Gasteiger partial charge >= 0.3 is 0 Å². The number of hydrogen-bond donors (Lipinski definition) is 1. The molecule has 0 bridgehead atoms. The Labute approximate surface area is 137 Å². The first-order valence-corrected chi connectivity index (χ1v) is 8.56. The number of nitrogens with one attached hydrogen (secondary N) is 1. The predicted molar refractivity (Wildman–Crippen MR) is 92.2 cm³/mol. The van der Waals surface area contributed by atoms with E-state index in [4.69, 9.17) is 0 Å². The summed E-state index contributed by atoms with van der Waals surface area (Å²) >= 11 is 2.95. The molecule has 1 aromatic heterocycles. The summed E-state index contributed by atoms with van der Waals surface area (Å²) in [5.41, 5.74) is 0.977. The zero-order chi connectivity index (χ0) is 15.2. The molecule has 0 spiro atoms. The standard InChI is InChI=1S/C17H14N2OS2/c20-16(19-17-18-11-12-21-17)15(13-7-3-1-4-8-13)22-14-9-5-2-6-10-14/h1-12,15H,(H,18,19,20)/t15-/m0/s1. The average Bonchev–Trinajstić information content (AvgIpc) is 3.07. The normalized spacial score (nSPS) is 11.8. The lowest BCUT2D eigenvalue weighted by Crippen LogP contribution is -2.18. The Bertz CT molecular complexity index is 715. The number of rotatable bonds is 5. The third-order valence-electron chi connectivity index (χ3n) is 3.00. The molecule has 0 fully saturated rings. The number of hydrogen-bond acceptors (Lipinski definition) is 4. The highest BCUT2D eigenvalue weighted by Crippen LogP contribution is 2.36. The molecule has 0 saturated carbocycles. The summed E-state index contributed by atoms with van der Waals surface area (Å²) in [5.74, 6) is -0.0602. The maximum atomic E-state index is 12.7. The largest absolute Gasteiger partial charge is 0.301 e. The molecule has 0 radical (unpaired) electrons. The fourth-order valence-corrected chi connectivity index (χ4v) is 3.57. The van der Waals surface area contributed by atoms with Crippen molar-refractivity contribution < 1.29 is 4.79 Å². The number of benzene rings is 2. The molecule has 1 atom stereocenters. The Morgan fingerprint density at radius 3 is 2.36 bits per heavy atom. The van der Waals surface area contributed by atoms with Gasteiger partial charge in [0.1, 0.15) is 5.25 Å². The second-order valence-electron chi connectivity index (χ2n) is 4.55. The van der Waals surface area contributed by atoms with Gasteiger partial charge in [-0.3, -0.25) is 4.79 Å². The van der Waals surface area contributed by atoms with Crippen LogP contribution in [0.25, 0.3) is 0 Å². The number of aromatic nitrogens is 1. The first kappa shape index (κ1) is 14.8. The van der Waals surface area contributed by atoms with Gasteiger partial charge in [-0.05, 0) is 17.7 Å². The van der Waals surface area contributed by atoms with Crippen molar-refractivity contribution in [2.24, 2.45) is 0 Å². The molecule has 1 N–H and O–H groups in total. The topological polar surface area (TPSA) is 42.0 Å². The van der Waals surface area contributed by atoms with Crippen molar-refractivity contribution in [1.82, 2.24) is 4.98 Å². The molecule has 0 aliphatic heterocycles. The third kappa shape index (κ3) is 3.75. The predicted octanol–water partition coefficient (Wildman–Crippen LogP) is 4.62. The van der Waals surface area contributed by atoms with E-state index in [0.29, 0.717) is 5.13 Å². The van der Waals surface area contributed by atoms with Crippen LogP contribution in [0.4, 0.5) is 5.13 Å². The molecule has 3 nitrogen and oxygen atoms in total. The van der Waals surface area contributed by atoms with E-state index in [1.54, 1.807) is 6.20 Å². The monoisotopic (exact) mass is 326 g/mol. The number of carbonyl (C=O) groups excluding carboxylic acids is 1. The van der Waals surface area contributed by atoms with Crippen LogP contribution in [-0.4, -0.2) is 10.9 Å². The van der Waals surface area contributed by atoms with Gasteiger partial charge in [-0.1, -0.05) is 48.5 Å². The van der Waals surface area contributed by atoms with E-state index in [-0.39, 0.29) is 11.2 Å². The van der Waals surface area contributed by atoms with E-state index >= 15 is 0 Å². The van der Waals surface area contributed by atoms with Gasteiger partial charge in [0.15, 0.2) is 5.13 Å². The van der Waals surface area contributed by atoms with Crippen molar-refractivity contribution in [2.45, 2.75) is 10.1 Å². The first-order chi connectivity index (χ1) is 10.8. The van der Waals surface area contributed by atoms with E-state index in [1.165, 1.54) is 23.1 Å². The van der Waals surface area contributed by atoms with Crippen molar-refractivity contribution in [1.29, 1.82) is 0 Å². The lowest BCUT2D eigenvalue weighted by molar-refractivity contribution is -0.115. The number of nitrogens with zero attached hydrogens (tertiary/aromatic N) is 1. The number of carbonyl (C=O) groups is 1. The molecular weight excluding hydrogens is 312 g/mol. The fourth-order valence-electron chi connectivity index (χ4n) is 1.99. The summed E-state index contributed by atoms with van der Waals surface area (Å²) in [6, 6.07) is 19.7. The molecule has 0 aliphatic carbocycles. The Kier molecular flexibility index (Phi) is 4.88. The second kappa shape index (κ2) is 7.24. The fraction of sp³-hybridized carbons (Fsp3) is 0.0588. The zero-order valence-electron chi connectivity index (χ0n) is 11.7. The Morgan fingerprint density at radius 1 is 1.05 bits per heavy atom. The maximum Gasteiger partial charge on any atom is 0.244 e. The Balaban J connectivity index is 1.84. The van der Waals surface area contributed by atoms with Crippen molar-refractivity contribution in [3.8, 4) is 0 Å². The average molecular weight is 326 g/mol. The lowest BCUT2D eigenvalue weighted by atomic mass is 10.1. The molecule has 0 aliphatic rings. The van der Waals surface area contributed by atoms with E-state index in [1.807, 2.05) is 66.0 Å². The van der Waals surface area contributed by atoms with Crippen molar-refractivity contribution in [2.75, 3.05) is 5.32 Å².